The van der Waals surface area contributed by atoms with Gasteiger partial charge in [-0.3, -0.25) is 4.79 Å². The third-order valence-electron chi connectivity index (χ3n) is 3.27. The summed E-state index contributed by atoms with van der Waals surface area (Å²) in [5, 5.41) is 12.6. The third-order valence-corrected chi connectivity index (χ3v) is 3.50. The van der Waals surface area contributed by atoms with Crippen molar-refractivity contribution in [1.82, 2.24) is 20.2 Å². The minimum absolute atomic E-state index is 0.243. The number of rotatable bonds is 7. The molecule has 0 unspecified atom stereocenters. The van der Waals surface area contributed by atoms with Crippen LogP contribution in [0.5, 0.6) is 0 Å². The van der Waals surface area contributed by atoms with E-state index in [1.807, 2.05) is 26.8 Å². The molecule has 2 aromatic rings. The molecule has 1 aromatic heterocycles. The maximum atomic E-state index is 11.8. The molecule has 138 valence electrons. The molecule has 0 aliphatic rings. The first kappa shape index (κ1) is 19.6. The minimum atomic E-state index is -0.416. The normalized spacial score (nSPS) is 12.4. The number of nitrogens with one attached hydrogen (secondary N) is 1. The number of hydrazone groups is 1. The SMILES string of the molecule is CC(C)(C)/C(Cn1cncn1)=N/OCC(=O)N/N=C/c1cccc(Cl)c1. The highest BCUT2D eigenvalue weighted by Crippen LogP contribution is 2.17. The summed E-state index contributed by atoms with van der Waals surface area (Å²) in [5.41, 5.74) is 3.64. The number of carbonyl (C=O) groups is 1. The van der Waals surface area contributed by atoms with Gasteiger partial charge in [-0.2, -0.15) is 10.2 Å². The van der Waals surface area contributed by atoms with Crippen molar-refractivity contribution in [2.45, 2.75) is 27.3 Å². The van der Waals surface area contributed by atoms with E-state index in [-0.39, 0.29) is 12.0 Å². The lowest BCUT2D eigenvalue weighted by molar-refractivity contribution is -0.125. The van der Waals surface area contributed by atoms with E-state index in [9.17, 15) is 4.79 Å². The number of amides is 1. The van der Waals surface area contributed by atoms with Crippen molar-refractivity contribution in [1.29, 1.82) is 0 Å². The number of oxime groups is 1. The molecule has 26 heavy (non-hydrogen) atoms. The van der Waals surface area contributed by atoms with E-state index in [4.69, 9.17) is 16.4 Å². The largest absolute Gasteiger partial charge is 0.386 e. The minimum Gasteiger partial charge on any atom is -0.386 e. The van der Waals surface area contributed by atoms with Gasteiger partial charge >= 0.3 is 0 Å². The Balaban J connectivity index is 1.85. The summed E-state index contributed by atoms with van der Waals surface area (Å²) < 4.78 is 1.64. The highest BCUT2D eigenvalue weighted by Gasteiger charge is 2.21. The fourth-order valence-electron chi connectivity index (χ4n) is 1.84. The van der Waals surface area contributed by atoms with Crippen LogP contribution < -0.4 is 5.43 Å². The summed E-state index contributed by atoms with van der Waals surface area (Å²) in [6.45, 7) is 6.19. The highest BCUT2D eigenvalue weighted by atomic mass is 35.5. The average Bonchev–Trinajstić information content (AvgIpc) is 3.06. The molecule has 0 radical (unpaired) electrons. The molecule has 0 aliphatic heterocycles. The molecular weight excluding hydrogens is 356 g/mol. The molecule has 0 atom stereocenters. The molecule has 2 rings (SSSR count). The third kappa shape index (κ3) is 6.64. The Morgan fingerprint density at radius 3 is 2.88 bits per heavy atom. The standard InChI is InChI=1S/C17H21ClN6O2/c1-17(2,3)15(9-24-12-19-11-21-24)23-26-10-16(25)22-20-8-13-5-4-6-14(18)7-13/h4-8,11-12H,9-10H2,1-3H3,(H,22,25)/b20-8+,23-15+. The molecule has 1 N–H and O–H groups in total. The Bertz CT molecular complexity index is 781. The molecule has 0 bridgehead atoms. The number of hydrogen-bond donors (Lipinski definition) is 1. The molecule has 1 aromatic carbocycles. The highest BCUT2D eigenvalue weighted by molar-refractivity contribution is 6.30. The monoisotopic (exact) mass is 376 g/mol. The maximum Gasteiger partial charge on any atom is 0.280 e. The molecule has 1 amide bonds. The predicted molar refractivity (Wildman–Crippen MR) is 100 cm³/mol. The number of nitrogens with zero attached hydrogens (tertiary/aromatic N) is 5. The van der Waals surface area contributed by atoms with Crippen LogP contribution in [-0.2, 0) is 16.2 Å². The van der Waals surface area contributed by atoms with E-state index in [0.29, 0.717) is 11.6 Å². The Hall–Kier alpha value is -2.74. The summed E-state index contributed by atoms with van der Waals surface area (Å²) in [7, 11) is 0. The summed E-state index contributed by atoms with van der Waals surface area (Å²) in [6.07, 6.45) is 4.55. The van der Waals surface area contributed by atoms with Gasteiger partial charge in [-0.05, 0) is 17.7 Å². The van der Waals surface area contributed by atoms with Crippen molar-refractivity contribution in [3.05, 3.63) is 47.5 Å². The number of halogens is 1. The fraction of sp³-hybridized carbons (Fsp3) is 0.353. The van der Waals surface area contributed by atoms with E-state index < -0.39 is 5.91 Å². The summed E-state index contributed by atoms with van der Waals surface area (Å²) in [6, 6.07) is 7.11. The van der Waals surface area contributed by atoms with Gasteiger partial charge in [0.05, 0.1) is 18.5 Å². The van der Waals surface area contributed by atoms with Gasteiger partial charge in [0.2, 0.25) is 0 Å². The first-order valence-corrected chi connectivity index (χ1v) is 8.31. The average molecular weight is 377 g/mol. The molecule has 1 heterocycles. The van der Waals surface area contributed by atoms with Crippen LogP contribution in [0.1, 0.15) is 26.3 Å². The van der Waals surface area contributed by atoms with Crippen molar-refractivity contribution in [3.8, 4) is 0 Å². The second kappa shape index (κ2) is 9.10. The van der Waals surface area contributed by atoms with Crippen molar-refractivity contribution in [3.63, 3.8) is 0 Å². The Labute approximate surface area is 156 Å². The molecule has 0 spiro atoms. The van der Waals surface area contributed by atoms with Crippen LogP contribution in [0.3, 0.4) is 0 Å². The summed E-state index contributed by atoms with van der Waals surface area (Å²) in [5.74, 6) is -0.416. The second-order valence-electron chi connectivity index (χ2n) is 6.50. The van der Waals surface area contributed by atoms with Gasteiger partial charge in [-0.25, -0.2) is 15.1 Å². The van der Waals surface area contributed by atoms with Crippen LogP contribution in [0.25, 0.3) is 0 Å². The van der Waals surface area contributed by atoms with Crippen LogP contribution in [-0.4, -0.2) is 39.2 Å². The van der Waals surface area contributed by atoms with Gasteiger partial charge in [0.25, 0.3) is 5.91 Å². The van der Waals surface area contributed by atoms with Gasteiger partial charge in [0.1, 0.15) is 12.7 Å². The van der Waals surface area contributed by atoms with Gasteiger partial charge in [-0.15, -0.1) is 0 Å². The first-order valence-electron chi connectivity index (χ1n) is 7.94. The molecule has 8 nitrogen and oxygen atoms in total. The lowest BCUT2D eigenvalue weighted by Crippen LogP contribution is -2.27. The zero-order chi connectivity index (χ0) is 19.0. The molecule has 9 heteroatoms. The number of benzene rings is 1. The van der Waals surface area contributed by atoms with E-state index in [2.05, 4.69) is 25.8 Å². The molecule has 0 saturated carbocycles. The lowest BCUT2D eigenvalue weighted by atomic mass is 9.90. The zero-order valence-corrected chi connectivity index (χ0v) is 15.6. The van der Waals surface area contributed by atoms with Crippen LogP contribution >= 0.6 is 11.6 Å². The van der Waals surface area contributed by atoms with Crippen LogP contribution in [0.15, 0.2) is 47.2 Å². The van der Waals surface area contributed by atoms with Gasteiger partial charge in [-0.1, -0.05) is 49.7 Å². The number of carbonyl (C=O) groups excluding carboxylic acids is 1. The Morgan fingerprint density at radius 1 is 1.42 bits per heavy atom. The smallest absolute Gasteiger partial charge is 0.280 e. The fourth-order valence-corrected chi connectivity index (χ4v) is 2.04. The first-order chi connectivity index (χ1) is 12.3. The van der Waals surface area contributed by atoms with Crippen LogP contribution in [0, 0.1) is 5.41 Å². The Kier molecular flexibility index (Phi) is 6.85. The van der Waals surface area contributed by atoms with Gasteiger partial charge in [0.15, 0.2) is 6.61 Å². The van der Waals surface area contributed by atoms with Crippen molar-refractivity contribution in [2.75, 3.05) is 6.61 Å². The molecular formula is C17H21ClN6O2. The summed E-state index contributed by atoms with van der Waals surface area (Å²) in [4.78, 5) is 20.8. The number of aromatic nitrogens is 3. The molecule has 0 fully saturated rings. The van der Waals surface area contributed by atoms with E-state index >= 15 is 0 Å². The van der Waals surface area contributed by atoms with E-state index in [0.717, 1.165) is 11.3 Å². The van der Waals surface area contributed by atoms with E-state index in [1.54, 1.807) is 29.2 Å². The topological polar surface area (TPSA) is 93.8 Å². The van der Waals surface area contributed by atoms with Crippen LogP contribution in [0.4, 0.5) is 0 Å². The molecule has 0 aliphatic carbocycles. The quantitative estimate of drug-likeness (QED) is 0.593. The van der Waals surface area contributed by atoms with E-state index in [1.165, 1.54) is 12.5 Å². The van der Waals surface area contributed by atoms with Crippen molar-refractivity contribution in [2.24, 2.45) is 15.7 Å². The zero-order valence-electron chi connectivity index (χ0n) is 14.9. The van der Waals surface area contributed by atoms with Gasteiger partial charge < -0.3 is 4.84 Å². The van der Waals surface area contributed by atoms with Crippen LogP contribution in [0.2, 0.25) is 5.02 Å². The maximum absolute atomic E-state index is 11.8. The lowest BCUT2D eigenvalue weighted by Gasteiger charge is -2.20. The van der Waals surface area contributed by atoms with Crippen molar-refractivity contribution < 1.29 is 9.63 Å². The second-order valence-corrected chi connectivity index (χ2v) is 6.94. The predicted octanol–water partition coefficient (Wildman–Crippen LogP) is 2.50. The number of hydrogen-bond acceptors (Lipinski definition) is 6. The summed E-state index contributed by atoms with van der Waals surface area (Å²) >= 11 is 5.88. The Morgan fingerprint density at radius 2 is 2.23 bits per heavy atom. The molecule has 0 saturated heterocycles. The van der Waals surface area contributed by atoms with Crippen molar-refractivity contribution >= 4 is 29.4 Å². The van der Waals surface area contributed by atoms with Gasteiger partial charge in [0, 0.05) is 10.4 Å².